The second kappa shape index (κ2) is 3.34. The second-order valence-electron chi connectivity index (χ2n) is 2.42. The smallest absolute Gasteiger partial charge is 0.125 e. The van der Waals surface area contributed by atoms with Crippen LogP contribution in [0.4, 0.5) is 10.1 Å². The van der Waals surface area contributed by atoms with Gasteiger partial charge in [-0.05, 0) is 30.8 Å². The molecule has 1 rings (SSSR count). The zero-order valence-corrected chi connectivity index (χ0v) is 6.39. The summed E-state index contributed by atoms with van der Waals surface area (Å²) >= 11 is 0. The SMILES string of the molecule is CNCc1cc(N)cc(F)c1. The maximum Gasteiger partial charge on any atom is 0.125 e. The molecule has 0 heterocycles. The number of nitrogens with one attached hydrogen (secondary N) is 1. The van der Waals surface area contributed by atoms with Gasteiger partial charge in [0.05, 0.1) is 0 Å². The minimum atomic E-state index is -0.282. The standard InChI is InChI=1S/C8H11FN2/c1-11-5-6-2-7(9)4-8(10)3-6/h2-4,11H,5,10H2,1H3. The number of anilines is 1. The Hall–Kier alpha value is -1.09. The topological polar surface area (TPSA) is 38.0 Å². The molecule has 0 aromatic heterocycles. The summed E-state index contributed by atoms with van der Waals surface area (Å²) in [5.41, 5.74) is 6.76. The predicted molar refractivity (Wildman–Crippen MR) is 43.6 cm³/mol. The summed E-state index contributed by atoms with van der Waals surface area (Å²) in [5, 5.41) is 2.92. The molecule has 0 bridgehead atoms. The van der Waals surface area contributed by atoms with Crippen molar-refractivity contribution in [3.05, 3.63) is 29.6 Å². The van der Waals surface area contributed by atoms with E-state index in [0.717, 1.165) is 5.56 Å². The molecule has 0 atom stereocenters. The van der Waals surface area contributed by atoms with E-state index in [0.29, 0.717) is 12.2 Å². The molecule has 0 amide bonds. The van der Waals surface area contributed by atoms with Crippen LogP contribution in [0, 0.1) is 5.82 Å². The van der Waals surface area contributed by atoms with Crippen molar-refractivity contribution in [1.29, 1.82) is 0 Å². The van der Waals surface area contributed by atoms with Crippen LogP contribution in [0.1, 0.15) is 5.56 Å². The Morgan fingerprint density at radius 3 is 2.73 bits per heavy atom. The van der Waals surface area contributed by atoms with Crippen LogP contribution in [-0.4, -0.2) is 7.05 Å². The molecular formula is C8H11FN2. The van der Waals surface area contributed by atoms with Crippen LogP contribution in [0.3, 0.4) is 0 Å². The molecule has 0 unspecified atom stereocenters. The molecule has 1 aromatic carbocycles. The molecule has 0 fully saturated rings. The highest BCUT2D eigenvalue weighted by Gasteiger charge is 1.96. The molecule has 3 N–H and O–H groups in total. The van der Waals surface area contributed by atoms with Crippen molar-refractivity contribution >= 4 is 5.69 Å². The van der Waals surface area contributed by atoms with Gasteiger partial charge in [0.25, 0.3) is 0 Å². The molecule has 0 aliphatic rings. The van der Waals surface area contributed by atoms with Gasteiger partial charge in [-0.3, -0.25) is 0 Å². The van der Waals surface area contributed by atoms with Crippen LogP contribution < -0.4 is 11.1 Å². The molecule has 0 saturated heterocycles. The third-order valence-corrected chi connectivity index (χ3v) is 1.36. The predicted octanol–water partition coefficient (Wildman–Crippen LogP) is 1.13. The van der Waals surface area contributed by atoms with Gasteiger partial charge < -0.3 is 11.1 Å². The van der Waals surface area contributed by atoms with Gasteiger partial charge in [-0.2, -0.15) is 0 Å². The van der Waals surface area contributed by atoms with Crippen molar-refractivity contribution in [3.63, 3.8) is 0 Å². The summed E-state index contributed by atoms with van der Waals surface area (Å²) in [6.07, 6.45) is 0. The molecule has 11 heavy (non-hydrogen) atoms. The van der Waals surface area contributed by atoms with E-state index in [-0.39, 0.29) is 5.82 Å². The van der Waals surface area contributed by atoms with Crippen molar-refractivity contribution < 1.29 is 4.39 Å². The number of nitrogens with two attached hydrogens (primary N) is 1. The fraction of sp³-hybridized carbons (Fsp3) is 0.250. The summed E-state index contributed by atoms with van der Waals surface area (Å²) in [6, 6.07) is 4.52. The van der Waals surface area contributed by atoms with Crippen LogP contribution >= 0.6 is 0 Å². The Labute approximate surface area is 65.2 Å². The Bertz CT molecular complexity index is 228. The molecule has 0 aliphatic carbocycles. The first-order valence-corrected chi connectivity index (χ1v) is 3.42. The summed E-state index contributed by atoms with van der Waals surface area (Å²) in [4.78, 5) is 0. The average Bonchev–Trinajstić information content (AvgIpc) is 1.85. The lowest BCUT2D eigenvalue weighted by atomic mass is 10.2. The third kappa shape index (κ3) is 2.20. The fourth-order valence-electron chi connectivity index (χ4n) is 0.982. The Morgan fingerprint density at radius 2 is 2.18 bits per heavy atom. The lowest BCUT2D eigenvalue weighted by molar-refractivity contribution is 0.624. The maximum absolute atomic E-state index is 12.6. The number of halogens is 1. The summed E-state index contributed by atoms with van der Waals surface area (Å²) < 4.78 is 12.6. The molecule has 60 valence electrons. The van der Waals surface area contributed by atoms with Crippen LogP contribution in [-0.2, 0) is 6.54 Å². The summed E-state index contributed by atoms with van der Waals surface area (Å²) in [7, 11) is 1.81. The van der Waals surface area contributed by atoms with Crippen molar-refractivity contribution in [1.82, 2.24) is 5.32 Å². The highest BCUT2D eigenvalue weighted by molar-refractivity contribution is 5.41. The van der Waals surface area contributed by atoms with Gasteiger partial charge in [-0.1, -0.05) is 0 Å². The fourth-order valence-corrected chi connectivity index (χ4v) is 0.982. The van der Waals surface area contributed by atoms with Crippen LogP contribution in [0.2, 0.25) is 0 Å². The number of rotatable bonds is 2. The molecule has 3 heteroatoms. The van der Waals surface area contributed by atoms with Gasteiger partial charge >= 0.3 is 0 Å². The highest BCUT2D eigenvalue weighted by atomic mass is 19.1. The molecule has 0 spiro atoms. The monoisotopic (exact) mass is 154 g/mol. The van der Waals surface area contributed by atoms with E-state index in [1.165, 1.54) is 12.1 Å². The Balaban J connectivity index is 2.89. The summed E-state index contributed by atoms with van der Waals surface area (Å²) in [5.74, 6) is -0.282. The first-order valence-electron chi connectivity index (χ1n) is 3.42. The van der Waals surface area contributed by atoms with Gasteiger partial charge in [0.15, 0.2) is 0 Å². The Morgan fingerprint density at radius 1 is 1.45 bits per heavy atom. The molecule has 0 aliphatic heterocycles. The minimum absolute atomic E-state index is 0.282. The van der Waals surface area contributed by atoms with Gasteiger partial charge in [0.1, 0.15) is 5.82 Å². The molecule has 1 aromatic rings. The van der Waals surface area contributed by atoms with E-state index in [1.807, 2.05) is 0 Å². The summed E-state index contributed by atoms with van der Waals surface area (Å²) in [6.45, 7) is 0.641. The van der Waals surface area contributed by atoms with Crippen LogP contribution in [0.15, 0.2) is 18.2 Å². The number of hydrogen-bond donors (Lipinski definition) is 2. The number of hydrogen-bond acceptors (Lipinski definition) is 2. The van der Waals surface area contributed by atoms with Crippen molar-refractivity contribution in [2.24, 2.45) is 0 Å². The number of nitrogen functional groups attached to an aromatic ring is 1. The van der Waals surface area contributed by atoms with E-state index in [9.17, 15) is 4.39 Å². The second-order valence-corrected chi connectivity index (χ2v) is 2.42. The normalized spacial score (nSPS) is 10.0. The first kappa shape index (κ1) is 8.01. The molecule has 0 saturated carbocycles. The van der Waals surface area contributed by atoms with Crippen LogP contribution in [0.5, 0.6) is 0 Å². The van der Waals surface area contributed by atoms with Gasteiger partial charge in [0.2, 0.25) is 0 Å². The van der Waals surface area contributed by atoms with Gasteiger partial charge in [-0.25, -0.2) is 4.39 Å². The zero-order chi connectivity index (χ0) is 8.27. The van der Waals surface area contributed by atoms with E-state index in [4.69, 9.17) is 5.73 Å². The maximum atomic E-state index is 12.6. The first-order chi connectivity index (χ1) is 5.22. The largest absolute Gasteiger partial charge is 0.399 e. The van der Waals surface area contributed by atoms with Gasteiger partial charge in [-0.15, -0.1) is 0 Å². The molecule has 0 radical (unpaired) electrons. The van der Waals surface area contributed by atoms with E-state index in [2.05, 4.69) is 5.32 Å². The third-order valence-electron chi connectivity index (χ3n) is 1.36. The molecular weight excluding hydrogens is 143 g/mol. The van der Waals surface area contributed by atoms with E-state index >= 15 is 0 Å². The van der Waals surface area contributed by atoms with E-state index in [1.54, 1.807) is 13.1 Å². The number of benzene rings is 1. The van der Waals surface area contributed by atoms with Crippen LogP contribution in [0.25, 0.3) is 0 Å². The minimum Gasteiger partial charge on any atom is -0.399 e. The van der Waals surface area contributed by atoms with Crippen molar-refractivity contribution in [2.45, 2.75) is 6.54 Å². The zero-order valence-electron chi connectivity index (χ0n) is 6.39. The highest BCUT2D eigenvalue weighted by Crippen LogP contribution is 2.09. The van der Waals surface area contributed by atoms with E-state index < -0.39 is 0 Å². The van der Waals surface area contributed by atoms with Crippen molar-refractivity contribution in [2.75, 3.05) is 12.8 Å². The van der Waals surface area contributed by atoms with Crippen molar-refractivity contribution in [3.8, 4) is 0 Å². The quantitative estimate of drug-likeness (QED) is 0.626. The van der Waals surface area contributed by atoms with Gasteiger partial charge in [0, 0.05) is 12.2 Å². The Kier molecular flexibility index (Phi) is 2.44. The molecule has 2 nitrogen and oxygen atoms in total. The lowest BCUT2D eigenvalue weighted by Crippen LogP contribution is -2.05. The lowest BCUT2D eigenvalue weighted by Gasteiger charge is -2.01. The average molecular weight is 154 g/mol.